The maximum Gasteiger partial charge on any atom is 0.328 e. The first-order chi connectivity index (χ1) is 15.1. The number of ether oxygens (including phenoxy) is 2. The van der Waals surface area contributed by atoms with Gasteiger partial charge in [0.15, 0.2) is 0 Å². The van der Waals surface area contributed by atoms with Crippen LogP contribution >= 0.6 is 0 Å². The van der Waals surface area contributed by atoms with Gasteiger partial charge in [0.2, 0.25) is 0 Å². The van der Waals surface area contributed by atoms with E-state index in [0.717, 1.165) is 5.56 Å². The van der Waals surface area contributed by atoms with Gasteiger partial charge in [-0.1, -0.05) is 38.1 Å². The Bertz CT molecular complexity index is 928. The normalized spacial score (nSPS) is 13.8. The Morgan fingerprint density at radius 1 is 0.750 bits per heavy atom. The number of aliphatic carboxylic acids is 1. The second-order valence-corrected chi connectivity index (χ2v) is 7.86. The third-order valence-corrected chi connectivity index (χ3v) is 4.81. The molecule has 7 N–H and O–H groups in total. The Morgan fingerprint density at radius 3 is 1.56 bits per heavy atom. The van der Waals surface area contributed by atoms with Gasteiger partial charge in [-0.15, -0.1) is 0 Å². The minimum Gasteiger partial charge on any atom is -0.480 e. The molecule has 0 saturated carbocycles. The fourth-order valence-electron chi connectivity index (χ4n) is 2.71. The number of carbonyl (C=O) groups excluding carboxylic acids is 2. The van der Waals surface area contributed by atoms with Gasteiger partial charge in [-0.2, -0.15) is 0 Å². The molecule has 2 rings (SSSR count). The minimum absolute atomic E-state index is 0.0377. The van der Waals surface area contributed by atoms with E-state index in [2.05, 4.69) is 0 Å². The van der Waals surface area contributed by atoms with Crippen LogP contribution < -0.4 is 26.7 Å². The van der Waals surface area contributed by atoms with Gasteiger partial charge in [-0.25, -0.2) is 9.59 Å². The van der Waals surface area contributed by atoms with Crippen molar-refractivity contribution in [3.63, 3.8) is 0 Å². The number of nitrogens with two attached hydrogens (primary N) is 3. The fourth-order valence-corrected chi connectivity index (χ4v) is 2.71. The van der Waals surface area contributed by atoms with Crippen LogP contribution in [0.1, 0.15) is 25.0 Å². The van der Waals surface area contributed by atoms with E-state index in [-0.39, 0.29) is 18.8 Å². The molecule has 0 aliphatic rings. The molecular formula is C23H29N3O6. The van der Waals surface area contributed by atoms with E-state index in [0.29, 0.717) is 17.1 Å². The number of hydrogen-bond donors (Lipinski definition) is 4. The molecule has 0 saturated heterocycles. The molecule has 32 heavy (non-hydrogen) atoms. The second-order valence-electron chi connectivity index (χ2n) is 7.86. The Labute approximate surface area is 186 Å². The molecule has 9 heteroatoms. The summed E-state index contributed by atoms with van der Waals surface area (Å²) in [6, 6.07) is 10.4. The topological polar surface area (TPSA) is 168 Å². The lowest BCUT2D eigenvalue weighted by Crippen LogP contribution is -2.38. The fraction of sp³-hybridized carbons (Fsp3) is 0.348. The summed E-state index contributed by atoms with van der Waals surface area (Å²) in [6.07, 6.45) is 0.391. The van der Waals surface area contributed by atoms with Gasteiger partial charge in [0.05, 0.1) is 0 Å². The molecule has 2 aromatic carbocycles. The van der Waals surface area contributed by atoms with Crippen molar-refractivity contribution < 1.29 is 29.0 Å². The van der Waals surface area contributed by atoms with Crippen LogP contribution in [0, 0.1) is 5.92 Å². The Hall–Kier alpha value is -3.27. The van der Waals surface area contributed by atoms with E-state index in [1.165, 1.54) is 0 Å². The van der Waals surface area contributed by atoms with E-state index in [1.807, 2.05) is 13.8 Å². The van der Waals surface area contributed by atoms with Gasteiger partial charge in [0, 0.05) is 0 Å². The van der Waals surface area contributed by atoms with Crippen molar-refractivity contribution in [3.05, 3.63) is 59.7 Å². The molecule has 0 aromatic heterocycles. The van der Waals surface area contributed by atoms with Crippen LogP contribution in [0.2, 0.25) is 0 Å². The number of hydrogen-bond acceptors (Lipinski definition) is 8. The van der Waals surface area contributed by atoms with Crippen molar-refractivity contribution in [2.24, 2.45) is 23.1 Å². The van der Waals surface area contributed by atoms with Crippen molar-refractivity contribution in [1.82, 2.24) is 0 Å². The smallest absolute Gasteiger partial charge is 0.328 e. The highest BCUT2D eigenvalue weighted by molar-refractivity contribution is 5.79. The van der Waals surface area contributed by atoms with E-state index >= 15 is 0 Å². The first-order valence-electron chi connectivity index (χ1n) is 10.2. The monoisotopic (exact) mass is 443 g/mol. The average Bonchev–Trinajstić information content (AvgIpc) is 2.75. The van der Waals surface area contributed by atoms with Gasteiger partial charge in [-0.05, 0) is 54.2 Å². The lowest BCUT2D eigenvalue weighted by atomic mass is 10.1. The van der Waals surface area contributed by atoms with Crippen molar-refractivity contribution in [1.29, 1.82) is 0 Å². The molecule has 0 amide bonds. The SMILES string of the molecule is CC(C)[C@H](N)C(=O)Oc1ccc(C[C@H](N)C(=O)Oc2ccc(C[C@H](N)C(=O)O)cc2)cc1. The average molecular weight is 444 g/mol. The highest BCUT2D eigenvalue weighted by atomic mass is 16.5. The van der Waals surface area contributed by atoms with Gasteiger partial charge in [-0.3, -0.25) is 4.79 Å². The first-order valence-corrected chi connectivity index (χ1v) is 10.2. The van der Waals surface area contributed by atoms with Crippen LogP contribution in [-0.2, 0) is 27.2 Å². The highest BCUT2D eigenvalue weighted by Gasteiger charge is 2.20. The van der Waals surface area contributed by atoms with Gasteiger partial charge in [0.25, 0.3) is 0 Å². The third-order valence-electron chi connectivity index (χ3n) is 4.81. The predicted octanol–water partition coefficient (Wildman–Crippen LogP) is 1.01. The molecule has 0 unspecified atom stereocenters. The zero-order chi connectivity index (χ0) is 23.8. The van der Waals surface area contributed by atoms with Gasteiger partial charge >= 0.3 is 17.9 Å². The summed E-state index contributed by atoms with van der Waals surface area (Å²) >= 11 is 0. The number of esters is 2. The predicted molar refractivity (Wildman–Crippen MR) is 118 cm³/mol. The number of rotatable bonds is 10. The summed E-state index contributed by atoms with van der Waals surface area (Å²) in [4.78, 5) is 35.0. The standard InChI is InChI=1S/C23H29N3O6/c1-13(2)20(26)23(30)32-17-9-5-15(6-10-17)12-19(25)22(29)31-16-7-3-14(4-8-16)11-18(24)21(27)28/h3-10,13,18-20H,11-12,24-26H2,1-2H3,(H,27,28)/t18-,19-,20-/m0/s1. The van der Waals surface area contributed by atoms with Crippen LogP contribution in [0.5, 0.6) is 11.5 Å². The van der Waals surface area contributed by atoms with Crippen molar-refractivity contribution in [2.45, 2.75) is 44.8 Å². The molecule has 0 bridgehead atoms. The molecule has 9 nitrogen and oxygen atoms in total. The largest absolute Gasteiger partial charge is 0.480 e. The zero-order valence-electron chi connectivity index (χ0n) is 18.1. The number of benzene rings is 2. The summed E-state index contributed by atoms with van der Waals surface area (Å²) in [5.41, 5.74) is 18.7. The van der Waals surface area contributed by atoms with Gasteiger partial charge in [0.1, 0.15) is 29.6 Å². The van der Waals surface area contributed by atoms with E-state index in [4.69, 9.17) is 31.8 Å². The molecule has 0 fully saturated rings. The molecule has 0 spiro atoms. The lowest BCUT2D eigenvalue weighted by molar-refractivity contribution is -0.139. The molecule has 2 aromatic rings. The summed E-state index contributed by atoms with van der Waals surface area (Å²) in [5.74, 6) is -1.60. The second kappa shape index (κ2) is 11.4. The van der Waals surface area contributed by atoms with Crippen molar-refractivity contribution in [3.8, 4) is 11.5 Å². The maximum atomic E-state index is 12.3. The van der Waals surface area contributed by atoms with Crippen LogP contribution in [0.15, 0.2) is 48.5 Å². The Morgan fingerprint density at radius 2 is 1.16 bits per heavy atom. The zero-order valence-corrected chi connectivity index (χ0v) is 18.1. The first kappa shape index (κ1) is 25.0. The number of carboxylic acid groups (broad SMARTS) is 1. The molecular weight excluding hydrogens is 414 g/mol. The Balaban J connectivity index is 1.88. The summed E-state index contributed by atoms with van der Waals surface area (Å²) < 4.78 is 10.5. The molecule has 172 valence electrons. The van der Waals surface area contributed by atoms with E-state index in [9.17, 15) is 14.4 Å². The van der Waals surface area contributed by atoms with Crippen molar-refractivity contribution >= 4 is 17.9 Å². The van der Waals surface area contributed by atoms with E-state index < -0.39 is 36.0 Å². The van der Waals surface area contributed by atoms with Crippen LogP contribution in [0.4, 0.5) is 0 Å². The van der Waals surface area contributed by atoms with Gasteiger partial charge < -0.3 is 31.8 Å². The molecule has 0 heterocycles. The summed E-state index contributed by atoms with van der Waals surface area (Å²) in [5, 5.41) is 8.86. The maximum absolute atomic E-state index is 12.3. The van der Waals surface area contributed by atoms with Crippen LogP contribution in [0.3, 0.4) is 0 Å². The minimum atomic E-state index is -1.09. The molecule has 0 aliphatic heterocycles. The van der Waals surface area contributed by atoms with Crippen molar-refractivity contribution in [2.75, 3.05) is 0 Å². The van der Waals surface area contributed by atoms with Crippen LogP contribution in [-0.4, -0.2) is 41.1 Å². The quantitative estimate of drug-likeness (QED) is 0.309. The number of carbonyl (C=O) groups is 3. The van der Waals surface area contributed by atoms with Crippen LogP contribution in [0.25, 0.3) is 0 Å². The summed E-state index contributed by atoms with van der Waals surface area (Å²) in [7, 11) is 0. The molecule has 0 radical (unpaired) electrons. The molecule has 3 atom stereocenters. The van der Waals surface area contributed by atoms with E-state index in [1.54, 1.807) is 48.5 Å². The Kier molecular flexibility index (Phi) is 8.89. The molecule has 0 aliphatic carbocycles. The highest BCUT2D eigenvalue weighted by Crippen LogP contribution is 2.17. The third kappa shape index (κ3) is 7.45. The summed E-state index contributed by atoms with van der Waals surface area (Å²) in [6.45, 7) is 3.66. The lowest BCUT2D eigenvalue weighted by Gasteiger charge is -2.15. The number of carboxylic acids is 1.